The highest BCUT2D eigenvalue weighted by Crippen LogP contribution is 2.28. The summed E-state index contributed by atoms with van der Waals surface area (Å²) in [6, 6.07) is 1.65. The number of nitrogens with one attached hydrogen (secondary N) is 1. The number of halogens is 1. The average Bonchev–Trinajstić information content (AvgIpc) is 3.23. The largest absolute Gasteiger partial charge is 0.364 e. The molecule has 0 aromatic carbocycles. The van der Waals surface area contributed by atoms with Gasteiger partial charge in [-0.2, -0.15) is 0 Å². The maximum absolute atomic E-state index is 14.6. The molecule has 1 fully saturated rings. The number of hydrogen-bond acceptors (Lipinski definition) is 6. The number of imidazole rings is 1. The molecule has 1 aliphatic heterocycles. The van der Waals surface area contributed by atoms with Crippen molar-refractivity contribution in [1.29, 1.82) is 0 Å². The summed E-state index contributed by atoms with van der Waals surface area (Å²) in [7, 11) is 1.93. The summed E-state index contributed by atoms with van der Waals surface area (Å²) in [6.45, 7) is 5.53. The smallest absolute Gasteiger partial charge is 0.269 e. The van der Waals surface area contributed by atoms with E-state index in [1.54, 1.807) is 29.9 Å². The minimum atomic E-state index is -0.709. The highest BCUT2D eigenvalue weighted by atomic mass is 19.1. The zero-order valence-corrected chi connectivity index (χ0v) is 16.0. The van der Waals surface area contributed by atoms with Gasteiger partial charge in [-0.3, -0.25) is 4.79 Å². The van der Waals surface area contributed by atoms with Crippen LogP contribution in [0.1, 0.15) is 23.1 Å². The third-order valence-electron chi connectivity index (χ3n) is 5.20. The number of pyridine rings is 1. The first-order valence-corrected chi connectivity index (χ1v) is 9.11. The molecule has 0 radical (unpaired) electrons. The van der Waals surface area contributed by atoms with Gasteiger partial charge in [-0.05, 0) is 26.0 Å². The molecule has 3 N–H and O–H groups in total. The van der Waals surface area contributed by atoms with Crippen molar-refractivity contribution in [2.24, 2.45) is 11.7 Å². The lowest BCUT2D eigenvalue weighted by Crippen LogP contribution is -2.32. The molecule has 0 aliphatic carbocycles. The molecule has 28 heavy (non-hydrogen) atoms. The fourth-order valence-electron chi connectivity index (χ4n) is 3.75. The molecule has 1 amide bonds. The van der Waals surface area contributed by atoms with Crippen LogP contribution >= 0.6 is 0 Å². The molecule has 0 bridgehead atoms. The number of carbonyl (C=O) groups excluding carboxylic acids is 1. The summed E-state index contributed by atoms with van der Waals surface area (Å²) in [5.41, 5.74) is 7.10. The van der Waals surface area contributed by atoms with Crippen molar-refractivity contribution in [2.75, 3.05) is 25.0 Å². The fraction of sp³-hybridized carbons (Fsp3) is 0.368. The van der Waals surface area contributed by atoms with E-state index in [4.69, 9.17) is 5.73 Å². The minimum absolute atomic E-state index is 0.0109. The topological polar surface area (TPSA) is 101 Å². The Morgan fingerprint density at radius 2 is 2.11 bits per heavy atom. The lowest BCUT2D eigenvalue weighted by atomic mass is 10.1. The van der Waals surface area contributed by atoms with Crippen molar-refractivity contribution in [1.82, 2.24) is 24.7 Å². The SMILES string of the molecule is CN[C@H]1CN(c2cnc(C(N)=O)c(-c3cc(F)c4nc(C)cn4c3)n2)C[C@H]1C. The molecule has 3 aromatic heterocycles. The van der Waals surface area contributed by atoms with Gasteiger partial charge in [0.1, 0.15) is 11.5 Å². The summed E-state index contributed by atoms with van der Waals surface area (Å²) >= 11 is 0. The van der Waals surface area contributed by atoms with Gasteiger partial charge in [0, 0.05) is 37.1 Å². The fourth-order valence-corrected chi connectivity index (χ4v) is 3.75. The molecule has 9 heteroatoms. The monoisotopic (exact) mass is 383 g/mol. The van der Waals surface area contributed by atoms with Crippen LogP contribution in [0.25, 0.3) is 16.9 Å². The van der Waals surface area contributed by atoms with Crippen molar-refractivity contribution in [3.05, 3.63) is 41.9 Å². The Morgan fingerprint density at radius 1 is 1.32 bits per heavy atom. The summed E-state index contributed by atoms with van der Waals surface area (Å²) in [6.07, 6.45) is 4.94. The number of anilines is 1. The Hall–Kier alpha value is -3.07. The molecular weight excluding hydrogens is 361 g/mol. The average molecular weight is 383 g/mol. The standard InChI is InChI=1S/C19H22FN7O/c1-10-6-26(9-14(10)22-3)15-5-23-17(18(21)28)16(25-15)12-4-13(20)19-24-11(2)7-27(19)8-12/h4-5,7-8,10,14,22H,6,9H2,1-3H3,(H2,21,28)/t10-,14+/m1/s1. The van der Waals surface area contributed by atoms with Crippen LogP contribution in [0.15, 0.2) is 24.7 Å². The molecular formula is C19H22FN7O. The van der Waals surface area contributed by atoms with E-state index in [9.17, 15) is 9.18 Å². The van der Waals surface area contributed by atoms with Crippen molar-refractivity contribution in [3.63, 3.8) is 0 Å². The van der Waals surface area contributed by atoms with Gasteiger partial charge in [0.25, 0.3) is 5.91 Å². The Labute approximate surface area is 161 Å². The minimum Gasteiger partial charge on any atom is -0.364 e. The van der Waals surface area contributed by atoms with E-state index < -0.39 is 11.7 Å². The molecule has 0 unspecified atom stereocenters. The summed E-state index contributed by atoms with van der Waals surface area (Å²) in [5.74, 6) is -0.141. The number of rotatable bonds is 4. The van der Waals surface area contributed by atoms with Gasteiger partial charge >= 0.3 is 0 Å². The Balaban J connectivity index is 1.82. The highest BCUT2D eigenvalue weighted by Gasteiger charge is 2.30. The second-order valence-electron chi connectivity index (χ2n) is 7.26. The number of primary amides is 1. The van der Waals surface area contributed by atoms with Crippen molar-refractivity contribution < 1.29 is 9.18 Å². The molecule has 0 saturated carbocycles. The zero-order chi connectivity index (χ0) is 20.0. The number of hydrogen-bond donors (Lipinski definition) is 2. The molecule has 8 nitrogen and oxygen atoms in total. The number of amides is 1. The first-order chi connectivity index (χ1) is 13.4. The van der Waals surface area contributed by atoms with Crippen LogP contribution in [-0.4, -0.2) is 51.4 Å². The predicted octanol–water partition coefficient (Wildman–Crippen LogP) is 1.38. The van der Waals surface area contributed by atoms with E-state index in [0.29, 0.717) is 29.0 Å². The Kier molecular flexibility index (Phi) is 4.46. The Bertz CT molecular complexity index is 1060. The second-order valence-corrected chi connectivity index (χ2v) is 7.26. The quantitative estimate of drug-likeness (QED) is 0.706. The van der Waals surface area contributed by atoms with Crippen molar-refractivity contribution >= 4 is 17.4 Å². The number of nitrogens with zero attached hydrogens (tertiary/aromatic N) is 5. The third kappa shape index (κ3) is 3.07. The molecule has 1 saturated heterocycles. The summed E-state index contributed by atoms with van der Waals surface area (Å²) < 4.78 is 16.1. The van der Waals surface area contributed by atoms with Crippen LogP contribution in [0, 0.1) is 18.7 Å². The number of aryl methyl sites for hydroxylation is 1. The van der Waals surface area contributed by atoms with Crippen LogP contribution in [0.2, 0.25) is 0 Å². The van der Waals surface area contributed by atoms with Crippen LogP contribution in [0.3, 0.4) is 0 Å². The molecule has 0 spiro atoms. The molecule has 2 atom stereocenters. The van der Waals surface area contributed by atoms with E-state index in [0.717, 1.165) is 13.1 Å². The van der Waals surface area contributed by atoms with E-state index in [1.165, 1.54) is 6.07 Å². The number of likely N-dealkylation sites (N-methyl/N-ethyl adjacent to an activating group) is 1. The van der Waals surface area contributed by atoms with Gasteiger partial charge in [-0.25, -0.2) is 19.3 Å². The predicted molar refractivity (Wildman–Crippen MR) is 104 cm³/mol. The van der Waals surface area contributed by atoms with Gasteiger partial charge in [-0.1, -0.05) is 6.92 Å². The van der Waals surface area contributed by atoms with Crippen LogP contribution in [0.4, 0.5) is 10.2 Å². The summed E-state index contributed by atoms with van der Waals surface area (Å²) in [5, 5.41) is 3.30. The van der Waals surface area contributed by atoms with Crippen molar-refractivity contribution in [2.45, 2.75) is 19.9 Å². The van der Waals surface area contributed by atoms with Gasteiger partial charge in [-0.15, -0.1) is 0 Å². The Morgan fingerprint density at radius 3 is 2.79 bits per heavy atom. The van der Waals surface area contributed by atoms with Gasteiger partial charge in [0.05, 0.1) is 11.9 Å². The molecule has 4 rings (SSSR count). The van der Waals surface area contributed by atoms with Crippen LogP contribution in [-0.2, 0) is 0 Å². The molecule has 1 aliphatic rings. The summed E-state index contributed by atoms with van der Waals surface area (Å²) in [4.78, 5) is 27.1. The molecule has 4 heterocycles. The van der Waals surface area contributed by atoms with E-state index in [2.05, 4.69) is 32.1 Å². The van der Waals surface area contributed by atoms with E-state index in [1.807, 2.05) is 7.05 Å². The zero-order valence-electron chi connectivity index (χ0n) is 16.0. The third-order valence-corrected chi connectivity index (χ3v) is 5.20. The van der Waals surface area contributed by atoms with Gasteiger partial charge in [0.2, 0.25) is 0 Å². The molecule has 146 valence electrons. The first kappa shape index (κ1) is 18.3. The maximum Gasteiger partial charge on any atom is 0.269 e. The number of nitrogens with two attached hydrogens (primary N) is 1. The van der Waals surface area contributed by atoms with Gasteiger partial charge in [0.15, 0.2) is 17.2 Å². The van der Waals surface area contributed by atoms with Crippen LogP contribution in [0.5, 0.6) is 0 Å². The molecule has 3 aromatic rings. The lowest BCUT2D eigenvalue weighted by molar-refractivity contribution is 0.0996. The van der Waals surface area contributed by atoms with E-state index in [-0.39, 0.29) is 17.0 Å². The van der Waals surface area contributed by atoms with Crippen molar-refractivity contribution in [3.8, 4) is 11.3 Å². The van der Waals surface area contributed by atoms with Gasteiger partial charge < -0.3 is 20.4 Å². The maximum atomic E-state index is 14.6. The van der Waals surface area contributed by atoms with Crippen LogP contribution < -0.4 is 16.0 Å². The van der Waals surface area contributed by atoms with E-state index >= 15 is 0 Å². The number of carbonyl (C=O) groups is 1. The lowest BCUT2D eigenvalue weighted by Gasteiger charge is -2.18. The normalized spacial score (nSPS) is 19.5. The number of fused-ring (bicyclic) bond motifs is 1. The highest BCUT2D eigenvalue weighted by molar-refractivity contribution is 5.97. The second kappa shape index (κ2) is 6.83. The number of aromatic nitrogens is 4. The first-order valence-electron chi connectivity index (χ1n) is 9.11.